The van der Waals surface area contributed by atoms with Crippen molar-refractivity contribution in [2.24, 2.45) is 35.5 Å². The summed E-state index contributed by atoms with van der Waals surface area (Å²) in [6.07, 6.45) is 27.0. The van der Waals surface area contributed by atoms with E-state index in [-0.39, 0.29) is 1.43 Å². The van der Waals surface area contributed by atoms with Gasteiger partial charge >= 0.3 is 0 Å². The maximum Gasteiger partial charge on any atom is 0.159 e. The third-order valence-electron chi connectivity index (χ3n) is 12.5. The van der Waals surface area contributed by atoms with Crippen molar-refractivity contribution in [3.8, 4) is 0 Å². The highest BCUT2D eigenvalue weighted by Gasteiger charge is 2.32. The fraction of sp³-hybridized carbons (Fsp3) is 0.619. The van der Waals surface area contributed by atoms with Gasteiger partial charge in [0.25, 0.3) is 0 Å². The fourth-order valence-electron chi connectivity index (χ4n) is 9.53. The Hall–Kier alpha value is -2.36. The van der Waals surface area contributed by atoms with E-state index in [1.54, 1.807) is 12.1 Å². The quantitative estimate of drug-likeness (QED) is 0.199. The highest BCUT2D eigenvalue weighted by Crippen LogP contribution is 2.46. The highest BCUT2D eigenvalue weighted by atomic mass is 19.2. The largest absolute Gasteiger partial charge is 0.204 e. The Bertz CT molecular complexity index is 1240. The third kappa shape index (κ3) is 9.38. The van der Waals surface area contributed by atoms with Gasteiger partial charge in [-0.3, -0.25) is 0 Å². The van der Waals surface area contributed by atoms with E-state index in [1.807, 2.05) is 6.08 Å². The standard InChI is InChI=1S/C22H30F2.C20H26F2.H2/c1-2-3-4-16-5-7-17(8-6-16)18-9-11-19(12-10-18)20-13-14-21(23)22(24)15-20;1-2-14-3-5-15(6-4-14)16-7-9-17(10-8-16)18-11-12-19(21)20(22)13-18;/h2,13-19H,1,3-12H2;2,11-17H,1,3-10H2;1H. The minimum Gasteiger partial charge on any atom is -0.204 e. The van der Waals surface area contributed by atoms with E-state index in [2.05, 4.69) is 19.2 Å². The number of halogens is 4. The van der Waals surface area contributed by atoms with Crippen molar-refractivity contribution in [1.82, 2.24) is 0 Å². The van der Waals surface area contributed by atoms with Crippen LogP contribution >= 0.6 is 0 Å². The van der Waals surface area contributed by atoms with Crippen LogP contribution in [0.25, 0.3) is 0 Å². The van der Waals surface area contributed by atoms with Crippen LogP contribution in [-0.4, -0.2) is 0 Å². The number of allylic oxidation sites excluding steroid dienone is 2. The molecule has 0 atom stereocenters. The number of hydrogen-bond donors (Lipinski definition) is 0. The van der Waals surface area contributed by atoms with E-state index < -0.39 is 23.3 Å². The Labute approximate surface area is 277 Å². The molecule has 4 heteroatoms. The molecule has 0 bridgehead atoms. The molecule has 0 radical (unpaired) electrons. The van der Waals surface area contributed by atoms with E-state index in [1.165, 1.54) is 108 Å². The molecule has 0 saturated heterocycles. The van der Waals surface area contributed by atoms with Gasteiger partial charge in [-0.25, -0.2) is 17.6 Å². The normalized spacial score (nSPS) is 31.7. The molecule has 6 rings (SSSR count). The van der Waals surface area contributed by atoms with Crippen LogP contribution in [0.3, 0.4) is 0 Å². The average molecular weight is 639 g/mol. The summed E-state index contributed by atoms with van der Waals surface area (Å²) >= 11 is 0. The lowest BCUT2D eigenvalue weighted by atomic mass is 9.68. The Morgan fingerprint density at radius 3 is 1.28 bits per heavy atom. The summed E-state index contributed by atoms with van der Waals surface area (Å²) in [5.74, 6) is 3.06. The minimum atomic E-state index is -0.739. The molecule has 0 N–H and O–H groups in total. The second-order valence-corrected chi connectivity index (χ2v) is 15.1. The first kappa shape index (κ1) is 35.0. The molecule has 4 aliphatic carbocycles. The molecule has 0 nitrogen and oxygen atoms in total. The maximum absolute atomic E-state index is 13.4. The van der Waals surface area contributed by atoms with Crippen molar-refractivity contribution in [3.05, 3.63) is 96.1 Å². The molecule has 0 heterocycles. The van der Waals surface area contributed by atoms with Gasteiger partial charge in [0.15, 0.2) is 23.3 Å². The van der Waals surface area contributed by atoms with Crippen molar-refractivity contribution in [2.45, 2.75) is 127 Å². The van der Waals surface area contributed by atoms with E-state index >= 15 is 0 Å². The summed E-state index contributed by atoms with van der Waals surface area (Å²) in [6, 6.07) is 8.89. The molecule has 0 aliphatic heterocycles. The average Bonchev–Trinajstić information content (AvgIpc) is 3.10. The highest BCUT2D eigenvalue weighted by molar-refractivity contribution is 5.23. The lowest BCUT2D eigenvalue weighted by Crippen LogP contribution is -2.25. The van der Waals surface area contributed by atoms with Crippen LogP contribution in [0, 0.1) is 58.8 Å². The molecule has 0 spiro atoms. The molecule has 4 saturated carbocycles. The van der Waals surface area contributed by atoms with Gasteiger partial charge in [-0.15, -0.1) is 13.2 Å². The Morgan fingerprint density at radius 1 is 0.522 bits per heavy atom. The molecular weight excluding hydrogens is 580 g/mol. The number of benzene rings is 2. The molecule has 0 aromatic heterocycles. The molecule has 4 fully saturated rings. The first-order valence-corrected chi connectivity index (χ1v) is 18.5. The molecule has 0 unspecified atom stereocenters. The fourth-order valence-corrected chi connectivity index (χ4v) is 9.53. The molecule has 2 aromatic carbocycles. The zero-order valence-electron chi connectivity index (χ0n) is 27.9. The first-order chi connectivity index (χ1) is 22.3. The second kappa shape index (κ2) is 17.2. The van der Waals surface area contributed by atoms with Gasteiger partial charge in [0.1, 0.15) is 0 Å². The smallest absolute Gasteiger partial charge is 0.159 e. The SMILES string of the molecule is C=CC1CCC(C2CCC(c3ccc(F)c(F)c3)CC2)CC1.C=CCCC1CCC(C2CCC(c3ccc(F)c(F)c3)CC2)CC1.[HH]. The summed E-state index contributed by atoms with van der Waals surface area (Å²) in [5, 5.41) is 0. The predicted octanol–water partition coefficient (Wildman–Crippen LogP) is 13.5. The van der Waals surface area contributed by atoms with E-state index in [4.69, 9.17) is 0 Å². The summed E-state index contributed by atoms with van der Waals surface area (Å²) in [7, 11) is 0. The van der Waals surface area contributed by atoms with Gasteiger partial charge in [-0.2, -0.15) is 0 Å². The van der Waals surface area contributed by atoms with Crippen LogP contribution in [0.2, 0.25) is 0 Å². The first-order valence-electron chi connectivity index (χ1n) is 18.5. The Morgan fingerprint density at radius 2 is 0.913 bits per heavy atom. The maximum atomic E-state index is 13.4. The van der Waals surface area contributed by atoms with Crippen molar-refractivity contribution in [2.75, 3.05) is 0 Å². The van der Waals surface area contributed by atoms with Crippen molar-refractivity contribution in [3.63, 3.8) is 0 Å². The van der Waals surface area contributed by atoms with E-state index in [0.29, 0.717) is 11.8 Å². The van der Waals surface area contributed by atoms with Crippen molar-refractivity contribution >= 4 is 0 Å². The van der Waals surface area contributed by atoms with Crippen molar-refractivity contribution < 1.29 is 19.0 Å². The van der Waals surface area contributed by atoms with Gasteiger partial charge < -0.3 is 0 Å². The van der Waals surface area contributed by atoms with E-state index in [9.17, 15) is 17.6 Å². The van der Waals surface area contributed by atoms with Gasteiger partial charge in [0, 0.05) is 1.43 Å². The van der Waals surface area contributed by atoms with E-state index in [0.717, 1.165) is 78.7 Å². The third-order valence-corrected chi connectivity index (χ3v) is 12.5. The van der Waals surface area contributed by atoms with Crippen LogP contribution in [-0.2, 0) is 0 Å². The molecule has 46 heavy (non-hydrogen) atoms. The van der Waals surface area contributed by atoms with Crippen LogP contribution in [0.5, 0.6) is 0 Å². The topological polar surface area (TPSA) is 0 Å². The van der Waals surface area contributed by atoms with Gasteiger partial charge in [-0.05, 0) is 185 Å². The zero-order valence-corrected chi connectivity index (χ0v) is 27.9. The van der Waals surface area contributed by atoms with Crippen LogP contribution in [0.4, 0.5) is 17.6 Å². The molecule has 4 aliphatic rings. The Balaban J connectivity index is 0.000000209. The molecule has 254 valence electrons. The molecule has 2 aromatic rings. The summed E-state index contributed by atoms with van der Waals surface area (Å²) in [5.41, 5.74) is 1.97. The minimum absolute atomic E-state index is 0. The van der Waals surface area contributed by atoms with Crippen molar-refractivity contribution in [1.29, 1.82) is 0 Å². The Kier molecular flexibility index (Phi) is 13.0. The molecular formula is C42H58F4. The zero-order chi connectivity index (χ0) is 32.5. The van der Waals surface area contributed by atoms with Gasteiger partial charge in [-0.1, -0.05) is 37.1 Å². The number of rotatable bonds is 8. The van der Waals surface area contributed by atoms with Gasteiger partial charge in [0.05, 0.1) is 0 Å². The summed E-state index contributed by atoms with van der Waals surface area (Å²) < 4.78 is 53.0. The van der Waals surface area contributed by atoms with Gasteiger partial charge in [0.2, 0.25) is 0 Å². The van der Waals surface area contributed by atoms with Crippen LogP contribution in [0.1, 0.15) is 140 Å². The predicted molar refractivity (Wildman–Crippen MR) is 185 cm³/mol. The number of hydrogen-bond acceptors (Lipinski definition) is 0. The lowest BCUT2D eigenvalue weighted by molar-refractivity contribution is 0.157. The second-order valence-electron chi connectivity index (χ2n) is 15.1. The molecule has 0 amide bonds. The summed E-state index contributed by atoms with van der Waals surface area (Å²) in [4.78, 5) is 0. The monoisotopic (exact) mass is 638 g/mol. The lowest BCUT2D eigenvalue weighted by Gasteiger charge is -2.38. The van der Waals surface area contributed by atoms with Crippen LogP contribution < -0.4 is 0 Å². The summed E-state index contributed by atoms with van der Waals surface area (Å²) in [6.45, 7) is 7.75. The van der Waals surface area contributed by atoms with Crippen LogP contribution in [0.15, 0.2) is 61.7 Å².